The monoisotopic (exact) mass is 440 g/mol. The summed E-state index contributed by atoms with van der Waals surface area (Å²) >= 11 is 6.27. The van der Waals surface area contributed by atoms with Crippen LogP contribution < -0.4 is 4.72 Å². The van der Waals surface area contributed by atoms with Crippen molar-refractivity contribution in [3.63, 3.8) is 0 Å². The lowest BCUT2D eigenvalue weighted by Gasteiger charge is -2.24. The maximum Gasteiger partial charge on any atom is 0.307 e. The summed E-state index contributed by atoms with van der Waals surface area (Å²) in [5, 5.41) is 0.221. The standard InChI is InChI=1S/C21H26ClFN2O3S/c1-12-7-15(23)8-13(2)20(12)14-9-16(24-18(22)10-14)17(11-19(26)28-6)25-29(27)21(3,4)5/h7-10,17,25H,11H2,1-6H3/t17-,29?/m0/s1. The summed E-state index contributed by atoms with van der Waals surface area (Å²) in [6.07, 6.45) is -0.0630. The van der Waals surface area contributed by atoms with Crippen LogP contribution in [0.1, 0.15) is 50.1 Å². The van der Waals surface area contributed by atoms with Crippen molar-refractivity contribution in [2.75, 3.05) is 7.11 Å². The molecular weight excluding hydrogens is 415 g/mol. The molecule has 0 aliphatic heterocycles. The molecule has 1 N–H and O–H groups in total. The lowest BCUT2D eigenvalue weighted by Crippen LogP contribution is -2.37. The Labute approximate surface area is 178 Å². The molecule has 0 saturated carbocycles. The minimum Gasteiger partial charge on any atom is -0.469 e. The molecule has 29 heavy (non-hydrogen) atoms. The number of aromatic nitrogens is 1. The van der Waals surface area contributed by atoms with Crippen molar-refractivity contribution in [3.05, 3.63) is 52.1 Å². The van der Waals surface area contributed by atoms with Crippen molar-refractivity contribution in [3.8, 4) is 11.1 Å². The van der Waals surface area contributed by atoms with Crippen LogP contribution in [0.25, 0.3) is 11.1 Å². The molecule has 0 aliphatic carbocycles. The first-order valence-corrected chi connectivity index (χ1v) is 10.6. The smallest absolute Gasteiger partial charge is 0.307 e. The molecule has 0 radical (unpaired) electrons. The molecule has 0 aliphatic rings. The van der Waals surface area contributed by atoms with Gasteiger partial charge in [0, 0.05) is 0 Å². The molecule has 5 nitrogen and oxygen atoms in total. The number of ether oxygens (including phenoxy) is 1. The largest absolute Gasteiger partial charge is 0.469 e. The topological polar surface area (TPSA) is 68.3 Å². The van der Waals surface area contributed by atoms with Crippen LogP contribution >= 0.6 is 11.6 Å². The summed E-state index contributed by atoms with van der Waals surface area (Å²) in [6, 6.07) is 5.71. The fourth-order valence-electron chi connectivity index (χ4n) is 2.97. The van der Waals surface area contributed by atoms with Crippen LogP contribution in [-0.4, -0.2) is 27.0 Å². The van der Waals surface area contributed by atoms with E-state index in [0.29, 0.717) is 5.69 Å². The number of halogens is 2. The maximum absolute atomic E-state index is 13.7. The predicted octanol–water partition coefficient (Wildman–Crippen LogP) is 4.81. The average Bonchev–Trinajstić information content (AvgIpc) is 2.58. The fourth-order valence-corrected chi connectivity index (χ4v) is 4.00. The Morgan fingerprint density at radius 2 is 1.83 bits per heavy atom. The predicted molar refractivity (Wildman–Crippen MR) is 115 cm³/mol. The average molecular weight is 441 g/mol. The molecule has 158 valence electrons. The molecule has 1 aromatic heterocycles. The van der Waals surface area contributed by atoms with E-state index in [0.717, 1.165) is 22.3 Å². The number of hydrogen-bond donors (Lipinski definition) is 1. The molecule has 8 heteroatoms. The van der Waals surface area contributed by atoms with Gasteiger partial charge in [-0.05, 0) is 81.1 Å². The van der Waals surface area contributed by atoms with Crippen molar-refractivity contribution >= 4 is 28.6 Å². The molecule has 1 aromatic carbocycles. The van der Waals surface area contributed by atoms with Gasteiger partial charge in [-0.1, -0.05) is 11.6 Å². The summed E-state index contributed by atoms with van der Waals surface area (Å²) in [5.74, 6) is -0.777. The van der Waals surface area contributed by atoms with E-state index in [-0.39, 0.29) is 17.4 Å². The van der Waals surface area contributed by atoms with Gasteiger partial charge in [0.25, 0.3) is 0 Å². The van der Waals surface area contributed by atoms with Crippen LogP contribution in [0.15, 0.2) is 24.3 Å². The summed E-state index contributed by atoms with van der Waals surface area (Å²) in [4.78, 5) is 16.3. The van der Waals surface area contributed by atoms with E-state index >= 15 is 0 Å². The van der Waals surface area contributed by atoms with Crippen LogP contribution in [0.4, 0.5) is 4.39 Å². The van der Waals surface area contributed by atoms with Gasteiger partial charge in [0.2, 0.25) is 0 Å². The van der Waals surface area contributed by atoms with Gasteiger partial charge in [-0.25, -0.2) is 18.3 Å². The number of carbonyl (C=O) groups is 1. The number of rotatable bonds is 6. The van der Waals surface area contributed by atoms with E-state index < -0.39 is 27.7 Å². The van der Waals surface area contributed by atoms with Crippen LogP contribution in [0.2, 0.25) is 5.15 Å². The molecule has 2 atom stereocenters. The van der Waals surface area contributed by atoms with E-state index in [1.165, 1.54) is 19.2 Å². The van der Waals surface area contributed by atoms with E-state index in [4.69, 9.17) is 16.3 Å². The summed E-state index contributed by atoms with van der Waals surface area (Å²) in [5.41, 5.74) is 3.55. The zero-order valence-corrected chi connectivity index (χ0v) is 19.0. The number of nitrogens with zero attached hydrogens (tertiary/aromatic N) is 1. The van der Waals surface area contributed by atoms with E-state index in [9.17, 15) is 13.4 Å². The quantitative estimate of drug-likeness (QED) is 0.516. The molecule has 1 heterocycles. The van der Waals surface area contributed by atoms with E-state index in [2.05, 4.69) is 9.71 Å². The highest BCUT2D eigenvalue weighted by Crippen LogP contribution is 2.32. The highest BCUT2D eigenvalue weighted by molar-refractivity contribution is 7.84. The van der Waals surface area contributed by atoms with Gasteiger partial charge in [-0.3, -0.25) is 4.79 Å². The zero-order valence-electron chi connectivity index (χ0n) is 17.4. The number of esters is 1. The number of benzene rings is 1. The Balaban J connectivity index is 2.55. The normalized spacial score (nSPS) is 13.8. The van der Waals surface area contributed by atoms with Gasteiger partial charge < -0.3 is 4.74 Å². The van der Waals surface area contributed by atoms with Crippen LogP contribution in [0, 0.1) is 19.7 Å². The van der Waals surface area contributed by atoms with E-state index in [1.54, 1.807) is 12.1 Å². The van der Waals surface area contributed by atoms with Crippen molar-refractivity contribution in [2.24, 2.45) is 0 Å². The maximum atomic E-state index is 13.7. The minimum absolute atomic E-state index is 0.0630. The van der Waals surface area contributed by atoms with Crippen LogP contribution in [0.5, 0.6) is 0 Å². The summed E-state index contributed by atoms with van der Waals surface area (Å²) in [7, 11) is -0.153. The SMILES string of the molecule is COC(=O)C[C@H](NS(=O)C(C)(C)C)c1cc(-c2c(C)cc(F)cc2C)cc(Cl)n1. The third-order valence-corrected chi connectivity index (χ3v) is 6.17. The number of pyridine rings is 1. The molecule has 0 bridgehead atoms. The Kier molecular flexibility index (Phi) is 7.54. The van der Waals surface area contributed by atoms with Gasteiger partial charge in [0.05, 0.1) is 41.0 Å². The number of hydrogen-bond acceptors (Lipinski definition) is 4. The second-order valence-corrected chi connectivity index (χ2v) is 10.2. The van der Waals surface area contributed by atoms with Gasteiger partial charge in [-0.2, -0.15) is 0 Å². The first kappa shape index (κ1) is 23.4. The molecule has 0 fully saturated rings. The highest BCUT2D eigenvalue weighted by Gasteiger charge is 2.27. The Hall–Kier alpha value is -1.83. The molecule has 0 saturated heterocycles. The second-order valence-electron chi connectivity index (χ2n) is 7.85. The van der Waals surface area contributed by atoms with Gasteiger partial charge in [0.15, 0.2) is 0 Å². The van der Waals surface area contributed by atoms with Gasteiger partial charge in [-0.15, -0.1) is 0 Å². The van der Waals surface area contributed by atoms with Crippen molar-refractivity contribution in [1.29, 1.82) is 0 Å². The first-order chi connectivity index (χ1) is 13.4. The fraction of sp³-hybridized carbons (Fsp3) is 0.429. The summed E-state index contributed by atoms with van der Waals surface area (Å²) in [6.45, 7) is 9.12. The lowest BCUT2D eigenvalue weighted by atomic mass is 9.95. The van der Waals surface area contributed by atoms with Crippen molar-refractivity contribution in [2.45, 2.75) is 51.8 Å². The number of nitrogens with one attached hydrogen (secondary N) is 1. The van der Waals surface area contributed by atoms with Crippen molar-refractivity contribution in [1.82, 2.24) is 9.71 Å². The number of aryl methyl sites for hydroxylation is 2. The summed E-state index contributed by atoms with van der Waals surface area (Å²) < 4.78 is 33.6. The molecule has 1 unspecified atom stereocenters. The molecule has 0 amide bonds. The lowest BCUT2D eigenvalue weighted by molar-refractivity contribution is -0.141. The van der Waals surface area contributed by atoms with Crippen molar-refractivity contribution < 1.29 is 18.1 Å². The van der Waals surface area contributed by atoms with Gasteiger partial charge in [0.1, 0.15) is 11.0 Å². The van der Waals surface area contributed by atoms with E-state index in [1.807, 2.05) is 34.6 Å². The number of carbonyl (C=O) groups excluding carboxylic acids is 1. The Morgan fingerprint density at radius 3 is 2.34 bits per heavy atom. The Morgan fingerprint density at radius 1 is 1.24 bits per heavy atom. The van der Waals surface area contributed by atoms with Crippen LogP contribution in [0.3, 0.4) is 0 Å². The molecular formula is C21H26ClFN2O3S. The Bertz CT molecular complexity index is 921. The zero-order chi connectivity index (χ0) is 21.9. The second kappa shape index (κ2) is 9.32. The third-order valence-electron chi connectivity index (χ3n) is 4.36. The molecule has 0 spiro atoms. The molecule has 2 rings (SSSR count). The number of methoxy groups -OCH3 is 1. The third kappa shape index (κ3) is 6.07. The van der Waals surface area contributed by atoms with Crippen LogP contribution in [-0.2, 0) is 20.5 Å². The van der Waals surface area contributed by atoms with Gasteiger partial charge >= 0.3 is 5.97 Å². The first-order valence-electron chi connectivity index (χ1n) is 9.12. The molecule has 2 aromatic rings. The minimum atomic E-state index is -1.45. The highest BCUT2D eigenvalue weighted by atomic mass is 35.5.